The molecule has 3 aromatic rings. The van der Waals surface area contributed by atoms with E-state index in [4.69, 9.17) is 9.15 Å². The van der Waals surface area contributed by atoms with Crippen LogP contribution in [0.15, 0.2) is 45.9 Å². The highest BCUT2D eigenvalue weighted by Gasteiger charge is 2.28. The van der Waals surface area contributed by atoms with Gasteiger partial charge in [-0.2, -0.15) is 0 Å². The maximum atomic E-state index is 12.0. The van der Waals surface area contributed by atoms with Crippen molar-refractivity contribution in [2.75, 3.05) is 7.11 Å². The highest BCUT2D eigenvalue weighted by Crippen LogP contribution is 2.35. The first kappa shape index (κ1) is 16.6. The Bertz CT molecular complexity index is 991. The summed E-state index contributed by atoms with van der Waals surface area (Å²) >= 11 is 0. The van der Waals surface area contributed by atoms with Crippen molar-refractivity contribution in [1.29, 1.82) is 0 Å². The van der Waals surface area contributed by atoms with E-state index in [9.17, 15) is 14.7 Å². The maximum Gasteiger partial charge on any atom is 0.306 e. The van der Waals surface area contributed by atoms with E-state index in [-0.39, 0.29) is 12.2 Å². The van der Waals surface area contributed by atoms with Crippen molar-refractivity contribution in [2.24, 2.45) is 0 Å². The lowest BCUT2D eigenvalue weighted by atomic mass is 9.91. The van der Waals surface area contributed by atoms with Crippen molar-refractivity contribution < 1.29 is 19.1 Å². The van der Waals surface area contributed by atoms with Crippen LogP contribution in [0, 0.1) is 6.92 Å². The summed E-state index contributed by atoms with van der Waals surface area (Å²) in [7, 11) is 1.27. The van der Waals surface area contributed by atoms with Gasteiger partial charge in [0.05, 0.1) is 30.5 Å². The second kappa shape index (κ2) is 6.72. The molecule has 25 heavy (non-hydrogen) atoms. The Hall–Kier alpha value is -3.22. The number of aromatic nitrogens is 2. The van der Waals surface area contributed by atoms with E-state index in [0.717, 1.165) is 0 Å². The lowest BCUT2D eigenvalue weighted by Crippen LogP contribution is -2.14. The van der Waals surface area contributed by atoms with E-state index < -0.39 is 23.1 Å². The standard InChI is InChI=1S/C18H16N2O5/c1-10-8-14(21)17(23)18(25-10)12(9-15(22)24-2)11-4-3-5-13-16(11)20-7-6-19-13/h3-8,12,23H,9H2,1-2H3. The van der Waals surface area contributed by atoms with Crippen LogP contribution < -0.4 is 5.43 Å². The van der Waals surface area contributed by atoms with Gasteiger partial charge in [-0.1, -0.05) is 12.1 Å². The van der Waals surface area contributed by atoms with Gasteiger partial charge in [0, 0.05) is 18.5 Å². The second-order valence-corrected chi connectivity index (χ2v) is 5.54. The Labute approximate surface area is 142 Å². The summed E-state index contributed by atoms with van der Waals surface area (Å²) in [5.41, 5.74) is 1.23. The average Bonchev–Trinajstić information content (AvgIpc) is 2.62. The van der Waals surface area contributed by atoms with Crippen LogP contribution in [0.2, 0.25) is 0 Å². The number of aromatic hydroxyl groups is 1. The summed E-state index contributed by atoms with van der Waals surface area (Å²) in [5.74, 6) is -1.43. The van der Waals surface area contributed by atoms with E-state index in [0.29, 0.717) is 22.4 Å². The first-order valence-corrected chi connectivity index (χ1v) is 7.61. The van der Waals surface area contributed by atoms with Crippen LogP contribution in [0.5, 0.6) is 5.75 Å². The molecule has 0 radical (unpaired) electrons. The third kappa shape index (κ3) is 3.21. The fraction of sp³-hybridized carbons (Fsp3) is 0.222. The van der Waals surface area contributed by atoms with Crippen LogP contribution in [0.25, 0.3) is 11.0 Å². The summed E-state index contributed by atoms with van der Waals surface area (Å²) in [6.07, 6.45) is 2.98. The van der Waals surface area contributed by atoms with E-state index in [2.05, 4.69) is 9.97 Å². The summed E-state index contributed by atoms with van der Waals surface area (Å²) in [5, 5.41) is 10.2. The van der Waals surface area contributed by atoms with E-state index >= 15 is 0 Å². The van der Waals surface area contributed by atoms with Gasteiger partial charge in [-0.3, -0.25) is 19.6 Å². The molecule has 0 aliphatic heterocycles. The van der Waals surface area contributed by atoms with Gasteiger partial charge in [0.1, 0.15) is 5.76 Å². The molecular weight excluding hydrogens is 324 g/mol. The molecule has 2 heterocycles. The molecular formula is C18H16N2O5. The molecule has 1 aromatic carbocycles. The third-order valence-corrected chi connectivity index (χ3v) is 3.89. The quantitative estimate of drug-likeness (QED) is 0.727. The highest BCUT2D eigenvalue weighted by atomic mass is 16.5. The summed E-state index contributed by atoms with van der Waals surface area (Å²) in [4.78, 5) is 32.4. The monoisotopic (exact) mass is 340 g/mol. The number of aryl methyl sites for hydroxylation is 1. The number of hydrogen-bond donors (Lipinski definition) is 1. The first-order chi connectivity index (χ1) is 12.0. The molecule has 7 heteroatoms. The van der Waals surface area contributed by atoms with E-state index in [1.54, 1.807) is 31.3 Å². The topological polar surface area (TPSA) is 103 Å². The summed E-state index contributed by atoms with van der Waals surface area (Å²) in [6, 6.07) is 6.50. The van der Waals surface area contributed by atoms with Crippen LogP contribution in [0.1, 0.15) is 29.4 Å². The minimum absolute atomic E-state index is 0.00792. The predicted molar refractivity (Wildman–Crippen MR) is 89.4 cm³/mol. The van der Waals surface area contributed by atoms with Gasteiger partial charge in [0.2, 0.25) is 11.2 Å². The van der Waals surface area contributed by atoms with Gasteiger partial charge < -0.3 is 14.3 Å². The zero-order chi connectivity index (χ0) is 18.0. The Kier molecular flexibility index (Phi) is 4.47. The average molecular weight is 340 g/mol. The van der Waals surface area contributed by atoms with Crippen molar-refractivity contribution in [3.8, 4) is 5.75 Å². The molecule has 0 fully saturated rings. The summed E-state index contributed by atoms with van der Waals surface area (Å²) < 4.78 is 10.4. The Morgan fingerprint density at radius 1 is 1.32 bits per heavy atom. The second-order valence-electron chi connectivity index (χ2n) is 5.54. The van der Waals surface area contributed by atoms with Crippen LogP contribution in [0.4, 0.5) is 0 Å². The molecule has 0 saturated carbocycles. The Balaban J connectivity index is 2.26. The van der Waals surface area contributed by atoms with Crippen LogP contribution >= 0.6 is 0 Å². The SMILES string of the molecule is COC(=O)CC(c1oc(C)cc(=O)c1O)c1cccc2nccnc12. The third-order valence-electron chi connectivity index (χ3n) is 3.89. The molecule has 1 atom stereocenters. The number of fused-ring (bicyclic) bond motifs is 1. The molecule has 1 unspecified atom stereocenters. The number of carbonyl (C=O) groups is 1. The zero-order valence-corrected chi connectivity index (χ0v) is 13.7. The molecule has 0 saturated heterocycles. The van der Waals surface area contributed by atoms with Crippen molar-refractivity contribution in [3.63, 3.8) is 0 Å². The highest BCUT2D eigenvalue weighted by molar-refractivity contribution is 5.80. The predicted octanol–water partition coefficient (Wildman–Crippen LogP) is 2.29. The lowest BCUT2D eigenvalue weighted by molar-refractivity contribution is -0.140. The summed E-state index contributed by atoms with van der Waals surface area (Å²) in [6.45, 7) is 1.60. The zero-order valence-electron chi connectivity index (χ0n) is 13.7. The number of methoxy groups -OCH3 is 1. The molecule has 0 amide bonds. The molecule has 2 aromatic heterocycles. The molecule has 0 aliphatic rings. The number of rotatable bonds is 4. The maximum absolute atomic E-state index is 12.0. The van der Waals surface area contributed by atoms with Gasteiger partial charge in [-0.05, 0) is 18.6 Å². The fourth-order valence-corrected chi connectivity index (χ4v) is 2.75. The number of para-hydroxylation sites is 1. The van der Waals surface area contributed by atoms with Crippen LogP contribution in [-0.4, -0.2) is 28.2 Å². The van der Waals surface area contributed by atoms with Gasteiger partial charge in [-0.15, -0.1) is 0 Å². The molecule has 128 valence electrons. The van der Waals surface area contributed by atoms with Crippen molar-refractivity contribution >= 4 is 17.0 Å². The van der Waals surface area contributed by atoms with E-state index in [1.807, 2.05) is 0 Å². The van der Waals surface area contributed by atoms with Gasteiger partial charge in [0.15, 0.2) is 5.76 Å². The number of benzene rings is 1. The van der Waals surface area contributed by atoms with Crippen molar-refractivity contribution in [2.45, 2.75) is 19.3 Å². The largest absolute Gasteiger partial charge is 0.502 e. The van der Waals surface area contributed by atoms with Gasteiger partial charge in [-0.25, -0.2) is 0 Å². The minimum Gasteiger partial charge on any atom is -0.502 e. The first-order valence-electron chi connectivity index (χ1n) is 7.61. The van der Waals surface area contributed by atoms with Crippen LogP contribution in [0.3, 0.4) is 0 Å². The number of ether oxygens (including phenoxy) is 1. The van der Waals surface area contributed by atoms with Crippen molar-refractivity contribution in [3.05, 3.63) is 64.0 Å². The number of nitrogens with zero attached hydrogens (tertiary/aromatic N) is 2. The normalized spacial score (nSPS) is 12.1. The smallest absolute Gasteiger partial charge is 0.306 e. The minimum atomic E-state index is -0.736. The fourth-order valence-electron chi connectivity index (χ4n) is 2.75. The van der Waals surface area contributed by atoms with Crippen molar-refractivity contribution in [1.82, 2.24) is 9.97 Å². The Morgan fingerprint density at radius 3 is 2.84 bits per heavy atom. The molecule has 3 rings (SSSR count). The van der Waals surface area contributed by atoms with E-state index in [1.165, 1.54) is 19.4 Å². The molecule has 0 spiro atoms. The lowest BCUT2D eigenvalue weighted by Gasteiger charge is -2.18. The molecule has 1 N–H and O–H groups in total. The number of esters is 1. The number of carbonyl (C=O) groups excluding carboxylic acids is 1. The van der Waals surface area contributed by atoms with Gasteiger partial charge >= 0.3 is 5.97 Å². The molecule has 0 bridgehead atoms. The molecule has 7 nitrogen and oxygen atoms in total. The number of hydrogen-bond acceptors (Lipinski definition) is 7. The Morgan fingerprint density at radius 2 is 2.08 bits per heavy atom. The van der Waals surface area contributed by atoms with Gasteiger partial charge in [0.25, 0.3) is 0 Å². The molecule has 0 aliphatic carbocycles. The van der Waals surface area contributed by atoms with Crippen LogP contribution in [-0.2, 0) is 9.53 Å².